The first-order valence-electron chi connectivity index (χ1n) is 14.7. The summed E-state index contributed by atoms with van der Waals surface area (Å²) in [5.74, 6) is 0. The van der Waals surface area contributed by atoms with Crippen LogP contribution >= 0.6 is 0 Å². The highest BCUT2D eigenvalue weighted by molar-refractivity contribution is 6.10. The Kier molecular flexibility index (Phi) is 5.43. The van der Waals surface area contributed by atoms with Gasteiger partial charge in [0.15, 0.2) is 0 Å². The van der Waals surface area contributed by atoms with Crippen molar-refractivity contribution in [2.45, 2.75) is 0 Å². The van der Waals surface area contributed by atoms with E-state index < -0.39 is 0 Å². The Morgan fingerprint density at radius 2 is 1.20 bits per heavy atom. The summed E-state index contributed by atoms with van der Waals surface area (Å²) in [6.45, 7) is 0. The minimum absolute atomic E-state index is 0.849. The van der Waals surface area contributed by atoms with Gasteiger partial charge in [0.1, 0.15) is 17.0 Å². The minimum Gasteiger partial charge on any atom is -0.299 e. The summed E-state index contributed by atoms with van der Waals surface area (Å²) in [6.07, 6.45) is 3.88. The topological polar surface area (TPSA) is 47.5 Å². The van der Waals surface area contributed by atoms with E-state index in [-0.39, 0.29) is 0 Å². The maximum Gasteiger partial charge on any atom is 0.147 e. The molecule has 5 aromatic heterocycles. The number of hydrogen-bond acceptors (Lipinski definition) is 3. The van der Waals surface area contributed by atoms with Crippen LogP contribution in [-0.2, 0) is 0 Å². The summed E-state index contributed by atoms with van der Waals surface area (Å²) in [6, 6.07) is 48.6. The third-order valence-electron chi connectivity index (χ3n) is 8.40. The van der Waals surface area contributed by atoms with E-state index in [4.69, 9.17) is 9.97 Å². The van der Waals surface area contributed by atoms with Gasteiger partial charge in [-0.05, 0) is 53.6 Å². The minimum atomic E-state index is 0.849. The van der Waals surface area contributed by atoms with Crippen LogP contribution in [0.3, 0.4) is 0 Å². The highest BCUT2D eigenvalue weighted by Gasteiger charge is 2.22. The second-order valence-corrected chi connectivity index (χ2v) is 10.9. The fraction of sp³-hybridized carbons (Fsp3) is 0. The second-order valence-electron chi connectivity index (χ2n) is 10.9. The summed E-state index contributed by atoms with van der Waals surface area (Å²) in [7, 11) is 0. The van der Waals surface area contributed by atoms with Crippen molar-refractivity contribution in [3.63, 3.8) is 0 Å². The van der Waals surface area contributed by atoms with Crippen molar-refractivity contribution in [1.29, 1.82) is 0 Å². The van der Waals surface area contributed by atoms with Crippen LogP contribution in [0.4, 0.5) is 0 Å². The van der Waals surface area contributed by atoms with Gasteiger partial charge in [-0.25, -0.2) is 9.97 Å². The molecular formula is C39H25N5. The molecule has 0 atom stereocenters. The monoisotopic (exact) mass is 563 g/mol. The van der Waals surface area contributed by atoms with Gasteiger partial charge < -0.3 is 0 Å². The largest absolute Gasteiger partial charge is 0.299 e. The fourth-order valence-electron chi connectivity index (χ4n) is 6.49. The number of fused-ring (bicyclic) bond motifs is 6. The zero-order chi connectivity index (χ0) is 29.0. The van der Waals surface area contributed by atoms with Gasteiger partial charge in [-0.2, -0.15) is 0 Å². The number of benzene rings is 4. The van der Waals surface area contributed by atoms with Gasteiger partial charge in [0.25, 0.3) is 0 Å². The van der Waals surface area contributed by atoms with Gasteiger partial charge in [0.05, 0.1) is 27.9 Å². The number of imidazole rings is 2. The maximum atomic E-state index is 5.24. The molecule has 5 nitrogen and oxygen atoms in total. The molecule has 9 aromatic rings. The lowest BCUT2D eigenvalue weighted by Gasteiger charge is -2.17. The summed E-state index contributed by atoms with van der Waals surface area (Å²) in [5, 5.41) is 1.19. The zero-order valence-electron chi connectivity index (χ0n) is 23.7. The van der Waals surface area contributed by atoms with Crippen molar-refractivity contribution in [2.24, 2.45) is 0 Å². The second kappa shape index (κ2) is 9.75. The van der Waals surface area contributed by atoms with Crippen LogP contribution in [-0.4, -0.2) is 23.8 Å². The number of nitrogens with zero attached hydrogens (tertiary/aromatic N) is 5. The van der Waals surface area contributed by atoms with Crippen molar-refractivity contribution >= 4 is 33.2 Å². The van der Waals surface area contributed by atoms with Crippen LogP contribution in [0.2, 0.25) is 0 Å². The van der Waals surface area contributed by atoms with E-state index in [2.05, 4.69) is 123 Å². The third-order valence-corrected chi connectivity index (χ3v) is 8.40. The SMILES string of the molecule is c1ccc(-c2c(-c3ccc(-c4c(-c5ccccn5)nc5ccccn45)cc3)c3nc4ccccc4n3c3ccccc23)cc1. The Bertz CT molecular complexity index is 2470. The van der Waals surface area contributed by atoms with Crippen LogP contribution in [0.5, 0.6) is 0 Å². The van der Waals surface area contributed by atoms with Gasteiger partial charge in [-0.15, -0.1) is 0 Å². The van der Waals surface area contributed by atoms with Gasteiger partial charge in [-0.1, -0.05) is 97.1 Å². The van der Waals surface area contributed by atoms with E-state index in [9.17, 15) is 0 Å². The molecule has 44 heavy (non-hydrogen) atoms. The molecule has 0 spiro atoms. The summed E-state index contributed by atoms with van der Waals surface area (Å²) in [5.41, 5.74) is 13.4. The molecule has 0 amide bonds. The highest BCUT2D eigenvalue weighted by atomic mass is 15.0. The Morgan fingerprint density at radius 1 is 0.500 bits per heavy atom. The molecule has 9 rings (SSSR count). The first-order chi connectivity index (χ1) is 21.8. The van der Waals surface area contributed by atoms with Crippen LogP contribution in [0.25, 0.3) is 78.1 Å². The third kappa shape index (κ3) is 3.69. The van der Waals surface area contributed by atoms with Gasteiger partial charge in [-0.3, -0.25) is 13.8 Å². The standard InChI is InChI=1S/C39H25N5/c1-2-12-26(13-3-1)35-29-14-4-6-17-32(29)44-33-18-7-5-15-30(33)41-39(44)36(35)27-20-22-28(23-21-27)38-37(31-16-8-10-24-40-31)42-34-19-9-11-25-43(34)38/h1-25H. The molecule has 0 aliphatic heterocycles. The van der Waals surface area contributed by atoms with Gasteiger partial charge in [0.2, 0.25) is 0 Å². The van der Waals surface area contributed by atoms with Crippen molar-refractivity contribution in [2.75, 3.05) is 0 Å². The highest BCUT2D eigenvalue weighted by Crippen LogP contribution is 2.43. The lowest BCUT2D eigenvalue weighted by atomic mass is 9.91. The van der Waals surface area contributed by atoms with Crippen molar-refractivity contribution in [3.8, 4) is 44.9 Å². The Labute approximate surface area is 253 Å². The average Bonchev–Trinajstić information content (AvgIpc) is 3.68. The van der Waals surface area contributed by atoms with Crippen molar-refractivity contribution < 1.29 is 0 Å². The first kappa shape index (κ1) is 24.5. The average molecular weight is 564 g/mol. The Balaban J connectivity index is 1.33. The van der Waals surface area contributed by atoms with Crippen LogP contribution in [0, 0.1) is 0 Å². The van der Waals surface area contributed by atoms with Crippen LogP contribution in [0.1, 0.15) is 0 Å². The number of para-hydroxylation sites is 3. The van der Waals surface area contributed by atoms with E-state index in [1.807, 2.05) is 42.6 Å². The molecule has 0 saturated heterocycles. The molecule has 0 aliphatic rings. The molecule has 0 saturated carbocycles. The lowest BCUT2D eigenvalue weighted by molar-refractivity contribution is 1.19. The lowest BCUT2D eigenvalue weighted by Crippen LogP contribution is -1.97. The van der Waals surface area contributed by atoms with Crippen LogP contribution in [0.15, 0.2) is 152 Å². The van der Waals surface area contributed by atoms with Crippen molar-refractivity contribution in [1.82, 2.24) is 23.8 Å². The molecule has 5 heteroatoms. The molecule has 206 valence electrons. The van der Waals surface area contributed by atoms with E-state index in [0.717, 1.165) is 67.2 Å². The van der Waals surface area contributed by atoms with E-state index >= 15 is 0 Å². The summed E-state index contributed by atoms with van der Waals surface area (Å²) < 4.78 is 4.45. The van der Waals surface area contributed by atoms with Crippen LogP contribution < -0.4 is 0 Å². The molecule has 0 fully saturated rings. The Hall–Kier alpha value is -6.07. The number of aromatic nitrogens is 5. The summed E-state index contributed by atoms with van der Waals surface area (Å²) >= 11 is 0. The summed E-state index contributed by atoms with van der Waals surface area (Å²) in [4.78, 5) is 14.9. The zero-order valence-corrected chi connectivity index (χ0v) is 23.7. The first-order valence-corrected chi connectivity index (χ1v) is 14.7. The van der Waals surface area contributed by atoms with E-state index in [1.54, 1.807) is 0 Å². The molecule has 5 heterocycles. The predicted molar refractivity (Wildman–Crippen MR) is 178 cm³/mol. The predicted octanol–water partition coefficient (Wildman–Crippen LogP) is 9.35. The van der Waals surface area contributed by atoms with E-state index in [1.165, 1.54) is 10.9 Å². The van der Waals surface area contributed by atoms with Gasteiger partial charge >= 0.3 is 0 Å². The Morgan fingerprint density at radius 3 is 2.05 bits per heavy atom. The number of rotatable bonds is 4. The van der Waals surface area contributed by atoms with E-state index in [0.29, 0.717) is 0 Å². The normalized spacial score (nSPS) is 11.6. The molecule has 0 aliphatic carbocycles. The molecular weight excluding hydrogens is 538 g/mol. The fourth-order valence-corrected chi connectivity index (χ4v) is 6.49. The molecule has 0 unspecified atom stereocenters. The van der Waals surface area contributed by atoms with Gasteiger partial charge in [0, 0.05) is 34.5 Å². The molecule has 0 bridgehead atoms. The number of pyridine rings is 3. The maximum absolute atomic E-state index is 5.24. The quantitative estimate of drug-likeness (QED) is 0.214. The van der Waals surface area contributed by atoms with Crippen molar-refractivity contribution in [3.05, 3.63) is 152 Å². The molecule has 0 radical (unpaired) electrons. The smallest absolute Gasteiger partial charge is 0.147 e. The molecule has 4 aromatic carbocycles. The number of hydrogen-bond donors (Lipinski definition) is 0. The molecule has 0 N–H and O–H groups in total.